The number of hydrogen-bond acceptors (Lipinski definition) is 3. The van der Waals surface area contributed by atoms with Gasteiger partial charge in [-0.2, -0.15) is 0 Å². The Kier molecular flexibility index (Phi) is 4.15. The van der Waals surface area contributed by atoms with Crippen LogP contribution < -0.4 is 5.32 Å². The summed E-state index contributed by atoms with van der Waals surface area (Å²) in [6.07, 6.45) is 1.41. The minimum absolute atomic E-state index is 0.119. The number of nitrogens with zero attached hydrogens (tertiary/aromatic N) is 1. The van der Waals surface area contributed by atoms with Gasteiger partial charge in [-0.15, -0.1) is 0 Å². The van der Waals surface area contributed by atoms with Crippen LogP contribution in [-0.4, -0.2) is 17.3 Å². The van der Waals surface area contributed by atoms with Crippen LogP contribution in [0.4, 0.5) is 5.82 Å². The highest BCUT2D eigenvalue weighted by Crippen LogP contribution is 2.36. The van der Waals surface area contributed by atoms with Crippen LogP contribution in [0.25, 0.3) is 11.3 Å². The Hall–Kier alpha value is -1.87. The van der Waals surface area contributed by atoms with Crippen LogP contribution in [0.1, 0.15) is 49.5 Å². The molecule has 23 heavy (non-hydrogen) atoms. The second kappa shape index (κ2) is 5.97. The van der Waals surface area contributed by atoms with Crippen LogP contribution in [0.15, 0.2) is 30.3 Å². The van der Waals surface area contributed by atoms with Gasteiger partial charge in [0.25, 0.3) is 0 Å². The summed E-state index contributed by atoms with van der Waals surface area (Å²) in [5.41, 5.74) is 3.52. The topological polar surface area (TPSA) is 42.0 Å². The number of pyridine rings is 1. The zero-order valence-electron chi connectivity index (χ0n) is 13.7. The van der Waals surface area contributed by atoms with Crippen LogP contribution in [0.3, 0.4) is 0 Å². The molecule has 1 aliphatic heterocycles. The lowest BCUT2D eigenvalue weighted by Gasteiger charge is -2.24. The highest BCUT2D eigenvalue weighted by Gasteiger charge is 2.26. The van der Waals surface area contributed by atoms with Gasteiger partial charge in [-0.05, 0) is 35.6 Å². The molecule has 0 saturated heterocycles. The fourth-order valence-electron chi connectivity index (χ4n) is 2.88. The van der Waals surface area contributed by atoms with E-state index in [9.17, 15) is 4.79 Å². The first kappa shape index (κ1) is 16.0. The molecule has 0 saturated carbocycles. The van der Waals surface area contributed by atoms with Crippen molar-refractivity contribution in [1.82, 2.24) is 4.98 Å². The summed E-state index contributed by atoms with van der Waals surface area (Å²) in [7, 11) is 0. The van der Waals surface area contributed by atoms with E-state index >= 15 is 0 Å². The number of halogens is 1. The lowest BCUT2D eigenvalue weighted by atomic mass is 9.83. The maximum absolute atomic E-state index is 12.4. The number of rotatable bonds is 1. The van der Waals surface area contributed by atoms with Gasteiger partial charge in [-0.3, -0.25) is 4.79 Å². The molecule has 1 aromatic carbocycles. The average Bonchev–Trinajstić information content (AvgIpc) is 2.67. The van der Waals surface area contributed by atoms with Gasteiger partial charge in [-0.25, -0.2) is 4.98 Å². The van der Waals surface area contributed by atoms with Crippen LogP contribution >= 0.6 is 11.6 Å². The first-order valence-corrected chi connectivity index (χ1v) is 8.32. The van der Waals surface area contributed by atoms with Gasteiger partial charge >= 0.3 is 0 Å². The molecule has 0 spiro atoms. The molecule has 0 bridgehead atoms. The molecule has 0 aliphatic carbocycles. The minimum Gasteiger partial charge on any atom is -0.369 e. The molecular weight excluding hydrogens is 308 g/mol. The average molecular weight is 329 g/mol. The number of anilines is 1. The Labute approximate surface area is 142 Å². The molecule has 4 heteroatoms. The van der Waals surface area contributed by atoms with E-state index in [0.29, 0.717) is 22.8 Å². The molecular formula is C19H21ClN2O. The third kappa shape index (κ3) is 3.25. The fraction of sp³-hybridized carbons (Fsp3) is 0.368. The standard InChI is InChI=1S/C19H21ClN2O/c1-19(2,3)15-11-14-16(23)8-5-9-21-18(14)22-17(15)12-6-4-7-13(20)10-12/h4,6-7,10-11H,5,8-9H2,1-3H3,(H,21,22). The van der Waals surface area contributed by atoms with Gasteiger partial charge in [0.2, 0.25) is 0 Å². The first-order chi connectivity index (χ1) is 10.9. The number of ketones is 1. The van der Waals surface area contributed by atoms with Crippen molar-refractivity contribution in [2.24, 2.45) is 0 Å². The van der Waals surface area contributed by atoms with Crippen LogP contribution in [-0.2, 0) is 5.41 Å². The fourth-order valence-corrected chi connectivity index (χ4v) is 3.07. The molecule has 1 N–H and O–H groups in total. The Balaban J connectivity index is 2.26. The van der Waals surface area contributed by atoms with Crippen LogP contribution in [0.5, 0.6) is 0 Å². The maximum Gasteiger partial charge on any atom is 0.166 e. The predicted molar refractivity (Wildman–Crippen MR) is 95.4 cm³/mol. The SMILES string of the molecule is CC(C)(C)c1cc2c(nc1-c1cccc(Cl)c1)NCCCC2=O. The zero-order valence-corrected chi connectivity index (χ0v) is 14.5. The summed E-state index contributed by atoms with van der Waals surface area (Å²) in [4.78, 5) is 17.2. The summed E-state index contributed by atoms with van der Waals surface area (Å²) in [5, 5.41) is 3.98. The third-order valence-electron chi connectivity index (χ3n) is 4.10. The van der Waals surface area contributed by atoms with E-state index in [-0.39, 0.29) is 11.2 Å². The number of fused-ring (bicyclic) bond motifs is 1. The molecule has 0 fully saturated rings. The highest BCUT2D eigenvalue weighted by molar-refractivity contribution is 6.30. The highest BCUT2D eigenvalue weighted by atomic mass is 35.5. The van der Waals surface area contributed by atoms with E-state index in [1.54, 1.807) is 0 Å². The van der Waals surface area contributed by atoms with Gasteiger partial charge < -0.3 is 5.32 Å². The molecule has 0 unspecified atom stereocenters. The van der Waals surface area contributed by atoms with E-state index in [2.05, 4.69) is 26.1 Å². The zero-order chi connectivity index (χ0) is 16.6. The number of hydrogen-bond donors (Lipinski definition) is 1. The lowest BCUT2D eigenvalue weighted by Crippen LogP contribution is -2.16. The Bertz CT molecular complexity index is 762. The lowest BCUT2D eigenvalue weighted by molar-refractivity contribution is 0.0983. The van der Waals surface area contributed by atoms with Crippen molar-refractivity contribution in [3.63, 3.8) is 0 Å². The Morgan fingerprint density at radius 3 is 2.70 bits per heavy atom. The summed E-state index contributed by atoms with van der Waals surface area (Å²) in [5.74, 6) is 0.858. The van der Waals surface area contributed by atoms with E-state index < -0.39 is 0 Å². The van der Waals surface area contributed by atoms with Crippen molar-refractivity contribution >= 4 is 23.2 Å². The van der Waals surface area contributed by atoms with Gasteiger partial charge in [0.1, 0.15) is 5.82 Å². The predicted octanol–water partition coefficient (Wildman–Crippen LogP) is 5.09. The molecule has 1 aliphatic rings. The number of Topliss-reactive ketones (excluding diaryl/α,β-unsaturated/α-hetero) is 1. The van der Waals surface area contributed by atoms with E-state index in [1.165, 1.54) is 0 Å². The molecule has 2 aromatic rings. The summed E-state index contributed by atoms with van der Waals surface area (Å²) in [6, 6.07) is 9.72. The summed E-state index contributed by atoms with van der Waals surface area (Å²) < 4.78 is 0. The Morgan fingerprint density at radius 1 is 1.22 bits per heavy atom. The summed E-state index contributed by atoms with van der Waals surface area (Å²) >= 11 is 6.16. The number of nitrogens with one attached hydrogen (secondary N) is 1. The van der Waals surface area contributed by atoms with E-state index in [4.69, 9.17) is 16.6 Å². The minimum atomic E-state index is -0.119. The first-order valence-electron chi connectivity index (χ1n) is 7.95. The van der Waals surface area contributed by atoms with Crippen molar-refractivity contribution in [2.75, 3.05) is 11.9 Å². The molecule has 3 nitrogen and oxygen atoms in total. The molecule has 1 aromatic heterocycles. The van der Waals surface area contributed by atoms with Crippen LogP contribution in [0.2, 0.25) is 5.02 Å². The van der Waals surface area contributed by atoms with Crippen molar-refractivity contribution in [3.05, 3.63) is 46.5 Å². The molecule has 120 valence electrons. The van der Waals surface area contributed by atoms with Gasteiger partial charge in [0, 0.05) is 23.6 Å². The molecule has 0 radical (unpaired) electrons. The molecule has 3 rings (SSSR count). The molecule has 0 atom stereocenters. The van der Waals surface area contributed by atoms with Crippen molar-refractivity contribution in [2.45, 2.75) is 39.0 Å². The number of aromatic nitrogens is 1. The van der Waals surface area contributed by atoms with E-state index in [1.807, 2.05) is 30.3 Å². The van der Waals surface area contributed by atoms with Gasteiger partial charge in [-0.1, -0.05) is 44.5 Å². The van der Waals surface area contributed by atoms with Crippen molar-refractivity contribution in [3.8, 4) is 11.3 Å². The second-order valence-corrected chi connectivity index (χ2v) is 7.43. The Morgan fingerprint density at radius 2 is 2.00 bits per heavy atom. The monoisotopic (exact) mass is 328 g/mol. The van der Waals surface area contributed by atoms with Crippen LogP contribution in [0, 0.1) is 0 Å². The molecule has 0 amide bonds. The van der Waals surface area contributed by atoms with Gasteiger partial charge in [0.15, 0.2) is 5.78 Å². The number of carbonyl (C=O) groups excluding carboxylic acids is 1. The summed E-state index contributed by atoms with van der Waals surface area (Å²) in [6.45, 7) is 7.19. The number of carbonyl (C=O) groups is 1. The third-order valence-corrected chi connectivity index (χ3v) is 4.34. The normalized spacial score (nSPS) is 14.9. The number of benzene rings is 1. The molecule has 2 heterocycles. The smallest absolute Gasteiger partial charge is 0.166 e. The second-order valence-electron chi connectivity index (χ2n) is 6.99. The largest absolute Gasteiger partial charge is 0.369 e. The van der Waals surface area contributed by atoms with Gasteiger partial charge in [0.05, 0.1) is 11.3 Å². The van der Waals surface area contributed by atoms with Crippen molar-refractivity contribution < 1.29 is 4.79 Å². The van der Waals surface area contributed by atoms with Crippen molar-refractivity contribution in [1.29, 1.82) is 0 Å². The maximum atomic E-state index is 12.4. The quantitative estimate of drug-likeness (QED) is 0.793. The van der Waals surface area contributed by atoms with E-state index in [0.717, 1.165) is 29.8 Å².